The van der Waals surface area contributed by atoms with E-state index in [4.69, 9.17) is 9.47 Å². The zero-order valence-electron chi connectivity index (χ0n) is 14.5. The maximum atomic E-state index is 12.5. The van der Waals surface area contributed by atoms with Crippen LogP contribution in [0.2, 0.25) is 0 Å². The zero-order valence-corrected chi connectivity index (χ0v) is 14.5. The molecule has 1 fully saturated rings. The Kier molecular flexibility index (Phi) is 4.15. The summed E-state index contributed by atoms with van der Waals surface area (Å²) in [7, 11) is 0. The van der Waals surface area contributed by atoms with E-state index in [1.165, 1.54) is 5.56 Å². The largest absolute Gasteiger partial charge is 0.493 e. The molecule has 7 heteroatoms. The van der Waals surface area contributed by atoms with Gasteiger partial charge in [0, 0.05) is 69.2 Å². The molecule has 3 heterocycles. The minimum atomic E-state index is -0.0912. The molecule has 0 atom stereocenters. The van der Waals surface area contributed by atoms with Crippen LogP contribution in [-0.4, -0.2) is 61.1 Å². The van der Waals surface area contributed by atoms with Crippen molar-refractivity contribution in [3.63, 3.8) is 0 Å². The number of carbonyl (C=O) groups excluding carboxylic acids is 2. The number of piperazine rings is 1. The third kappa shape index (κ3) is 2.99. The second-order valence-electron chi connectivity index (χ2n) is 6.67. The van der Waals surface area contributed by atoms with Gasteiger partial charge in [0.15, 0.2) is 0 Å². The highest BCUT2D eigenvalue weighted by atomic mass is 16.5. The summed E-state index contributed by atoms with van der Waals surface area (Å²) < 4.78 is 11.5. The van der Waals surface area contributed by atoms with Crippen LogP contribution in [0.4, 0.5) is 4.79 Å². The molecule has 0 bridgehead atoms. The van der Waals surface area contributed by atoms with Crippen molar-refractivity contribution < 1.29 is 19.1 Å². The molecule has 0 aliphatic carbocycles. The van der Waals surface area contributed by atoms with Gasteiger partial charge in [0.2, 0.25) is 5.91 Å². The lowest BCUT2D eigenvalue weighted by molar-refractivity contribution is -0.130. The third-order valence-electron chi connectivity index (χ3n) is 5.19. The minimum Gasteiger partial charge on any atom is -0.493 e. The molecule has 4 rings (SSSR count). The number of urea groups is 1. The molecule has 3 aliphatic heterocycles. The fraction of sp³-hybridized carbons (Fsp3) is 0.556. The molecule has 0 unspecified atom stereocenters. The monoisotopic (exact) mass is 345 g/mol. The van der Waals surface area contributed by atoms with E-state index in [0.29, 0.717) is 45.9 Å². The highest BCUT2D eigenvalue weighted by Crippen LogP contribution is 2.40. The first-order valence-electron chi connectivity index (χ1n) is 8.85. The van der Waals surface area contributed by atoms with Gasteiger partial charge in [0.25, 0.3) is 0 Å². The van der Waals surface area contributed by atoms with Gasteiger partial charge in [-0.05, 0) is 6.07 Å². The third-order valence-corrected chi connectivity index (χ3v) is 5.19. The van der Waals surface area contributed by atoms with Gasteiger partial charge in [-0.1, -0.05) is 0 Å². The van der Waals surface area contributed by atoms with Gasteiger partial charge in [-0.25, -0.2) is 4.79 Å². The number of nitrogens with zero attached hydrogens (tertiary/aromatic N) is 2. The average Bonchev–Trinajstić information content (AvgIpc) is 3.27. The number of carbonyl (C=O) groups is 2. The first-order chi connectivity index (χ1) is 12.1. The summed E-state index contributed by atoms with van der Waals surface area (Å²) in [6, 6.07) is 1.99. The molecule has 1 aromatic rings. The van der Waals surface area contributed by atoms with E-state index in [0.717, 1.165) is 35.5 Å². The van der Waals surface area contributed by atoms with E-state index in [-0.39, 0.29) is 11.9 Å². The Morgan fingerprint density at radius 2 is 1.80 bits per heavy atom. The number of benzene rings is 1. The number of fused-ring (bicyclic) bond motifs is 2. The number of ether oxygens (including phenoxy) is 2. The maximum absolute atomic E-state index is 12.5. The summed E-state index contributed by atoms with van der Waals surface area (Å²) in [6.07, 6.45) is 1.74. The van der Waals surface area contributed by atoms with E-state index < -0.39 is 0 Å². The van der Waals surface area contributed by atoms with E-state index in [1.54, 1.807) is 16.7 Å². The number of hydrogen-bond acceptors (Lipinski definition) is 4. The van der Waals surface area contributed by atoms with Gasteiger partial charge in [0.05, 0.1) is 13.2 Å². The summed E-state index contributed by atoms with van der Waals surface area (Å²) in [5, 5.41) is 3.02. The van der Waals surface area contributed by atoms with Crippen molar-refractivity contribution in [2.45, 2.75) is 26.3 Å². The Hall–Kier alpha value is -2.44. The maximum Gasteiger partial charge on any atom is 0.317 e. The normalized spacial score (nSPS) is 18.3. The van der Waals surface area contributed by atoms with Crippen molar-refractivity contribution in [1.29, 1.82) is 0 Å². The number of amides is 3. The Labute approximate surface area is 146 Å². The van der Waals surface area contributed by atoms with E-state index in [2.05, 4.69) is 11.4 Å². The quantitative estimate of drug-likeness (QED) is 0.866. The molecule has 3 amide bonds. The molecule has 0 aromatic heterocycles. The first-order valence-corrected chi connectivity index (χ1v) is 8.85. The molecule has 1 N–H and O–H groups in total. The van der Waals surface area contributed by atoms with E-state index >= 15 is 0 Å². The molecular formula is C18H23N3O4. The highest BCUT2D eigenvalue weighted by Gasteiger charge is 2.27. The van der Waals surface area contributed by atoms with Gasteiger partial charge in [-0.3, -0.25) is 4.79 Å². The topological polar surface area (TPSA) is 71.1 Å². The number of nitrogens with one attached hydrogen (secondary N) is 1. The molecule has 1 aromatic carbocycles. The smallest absolute Gasteiger partial charge is 0.317 e. The number of rotatable bonds is 2. The summed E-state index contributed by atoms with van der Waals surface area (Å²) in [5.41, 5.74) is 3.38. The van der Waals surface area contributed by atoms with Crippen LogP contribution in [0.1, 0.15) is 23.6 Å². The average molecular weight is 345 g/mol. The van der Waals surface area contributed by atoms with Crippen LogP contribution in [0, 0.1) is 0 Å². The molecule has 3 aliphatic rings. The Morgan fingerprint density at radius 3 is 2.56 bits per heavy atom. The lowest BCUT2D eigenvalue weighted by Crippen LogP contribution is -2.52. The van der Waals surface area contributed by atoms with Crippen molar-refractivity contribution in [2.24, 2.45) is 0 Å². The molecule has 0 spiro atoms. The highest BCUT2D eigenvalue weighted by molar-refractivity contribution is 5.76. The fourth-order valence-corrected chi connectivity index (χ4v) is 3.77. The van der Waals surface area contributed by atoms with Crippen molar-refractivity contribution in [1.82, 2.24) is 15.1 Å². The van der Waals surface area contributed by atoms with Crippen molar-refractivity contribution in [3.8, 4) is 11.5 Å². The summed E-state index contributed by atoms with van der Waals surface area (Å²) in [6.45, 7) is 5.70. The Bertz CT molecular complexity index is 679. The van der Waals surface area contributed by atoms with E-state index in [1.807, 2.05) is 0 Å². The predicted octanol–water partition coefficient (Wildman–Crippen LogP) is 0.930. The molecule has 0 radical (unpaired) electrons. The minimum absolute atomic E-state index is 0.0626. The van der Waals surface area contributed by atoms with Crippen molar-refractivity contribution in [2.75, 3.05) is 39.4 Å². The van der Waals surface area contributed by atoms with E-state index in [9.17, 15) is 9.59 Å². The number of hydrogen-bond donors (Lipinski definition) is 1. The molecule has 0 saturated carbocycles. The van der Waals surface area contributed by atoms with Crippen LogP contribution in [0.5, 0.6) is 11.5 Å². The molecular weight excluding hydrogens is 322 g/mol. The van der Waals surface area contributed by atoms with Gasteiger partial charge in [-0.15, -0.1) is 0 Å². The Balaban J connectivity index is 1.42. The lowest BCUT2D eigenvalue weighted by atomic mass is 9.99. The van der Waals surface area contributed by atoms with Gasteiger partial charge in [-0.2, -0.15) is 0 Å². The molecule has 7 nitrogen and oxygen atoms in total. The Morgan fingerprint density at radius 1 is 1.08 bits per heavy atom. The predicted molar refractivity (Wildman–Crippen MR) is 90.9 cm³/mol. The summed E-state index contributed by atoms with van der Waals surface area (Å²) in [5.74, 6) is 1.92. The molecule has 134 valence electrons. The van der Waals surface area contributed by atoms with Crippen LogP contribution in [-0.2, 0) is 24.2 Å². The van der Waals surface area contributed by atoms with Crippen LogP contribution >= 0.6 is 0 Å². The first kappa shape index (κ1) is 16.1. The zero-order chi connectivity index (χ0) is 17.4. The van der Waals surface area contributed by atoms with Gasteiger partial charge < -0.3 is 24.6 Å². The van der Waals surface area contributed by atoms with Crippen LogP contribution in [0.3, 0.4) is 0 Å². The standard InChI is InChI=1S/C18H23N3O4/c1-12(22)20-4-6-21(7-5-20)18(23)19-11-15-14-3-9-24-16(14)10-13-2-8-25-17(13)15/h10H,2-9,11H2,1H3,(H,19,23). The van der Waals surface area contributed by atoms with Crippen LogP contribution < -0.4 is 14.8 Å². The van der Waals surface area contributed by atoms with Crippen molar-refractivity contribution >= 4 is 11.9 Å². The lowest BCUT2D eigenvalue weighted by Gasteiger charge is -2.34. The van der Waals surface area contributed by atoms with Crippen molar-refractivity contribution in [3.05, 3.63) is 22.8 Å². The van der Waals surface area contributed by atoms with Crippen LogP contribution in [0.15, 0.2) is 6.07 Å². The summed E-state index contributed by atoms with van der Waals surface area (Å²) in [4.78, 5) is 27.4. The van der Waals surface area contributed by atoms with Gasteiger partial charge in [0.1, 0.15) is 11.5 Å². The SMILES string of the molecule is CC(=O)N1CCN(C(=O)NCc2c3c(cc4c2OCC4)OCC3)CC1. The van der Waals surface area contributed by atoms with Crippen LogP contribution in [0.25, 0.3) is 0 Å². The fourth-order valence-electron chi connectivity index (χ4n) is 3.77. The second-order valence-corrected chi connectivity index (χ2v) is 6.67. The van der Waals surface area contributed by atoms with Gasteiger partial charge >= 0.3 is 6.03 Å². The summed E-state index contributed by atoms with van der Waals surface area (Å²) >= 11 is 0. The molecule has 1 saturated heterocycles. The second kappa shape index (κ2) is 6.46. The molecule has 25 heavy (non-hydrogen) atoms.